The summed E-state index contributed by atoms with van der Waals surface area (Å²) in [5.41, 5.74) is 5.94. The molecule has 1 aromatic rings. The van der Waals surface area contributed by atoms with Gasteiger partial charge in [-0.25, -0.2) is 9.97 Å². The zero-order valence-corrected chi connectivity index (χ0v) is 12.2. The van der Waals surface area contributed by atoms with E-state index in [1.807, 2.05) is 6.07 Å². The molecule has 0 aliphatic carbocycles. The topological polar surface area (TPSA) is 55.0 Å². The minimum absolute atomic E-state index is 0.606. The molecule has 1 aliphatic heterocycles. The lowest BCUT2D eigenvalue weighted by Gasteiger charge is -2.36. The molecule has 1 aromatic heterocycles. The van der Waals surface area contributed by atoms with Gasteiger partial charge < -0.3 is 10.6 Å². The Morgan fingerprint density at radius 2 is 2.11 bits per heavy atom. The van der Waals surface area contributed by atoms with E-state index in [9.17, 15) is 0 Å². The Morgan fingerprint density at radius 3 is 2.84 bits per heavy atom. The summed E-state index contributed by atoms with van der Waals surface area (Å²) in [6.07, 6.45) is 8.31. The Hall–Kier alpha value is -1.32. The van der Waals surface area contributed by atoms with Gasteiger partial charge in [0, 0.05) is 25.1 Å². The summed E-state index contributed by atoms with van der Waals surface area (Å²) >= 11 is 0. The fraction of sp³-hybridized carbons (Fsp3) is 0.733. The van der Waals surface area contributed by atoms with E-state index in [0.717, 1.165) is 31.0 Å². The Kier molecular flexibility index (Phi) is 5.00. The molecule has 2 N–H and O–H groups in total. The van der Waals surface area contributed by atoms with Gasteiger partial charge in [-0.1, -0.05) is 20.3 Å². The van der Waals surface area contributed by atoms with E-state index in [1.165, 1.54) is 32.1 Å². The number of hydrogen-bond acceptors (Lipinski definition) is 4. The van der Waals surface area contributed by atoms with Crippen LogP contribution in [0.25, 0.3) is 0 Å². The minimum atomic E-state index is 0.606. The van der Waals surface area contributed by atoms with E-state index in [4.69, 9.17) is 10.7 Å². The van der Waals surface area contributed by atoms with Crippen molar-refractivity contribution in [2.75, 3.05) is 17.2 Å². The fourth-order valence-corrected chi connectivity index (χ4v) is 2.92. The van der Waals surface area contributed by atoms with Gasteiger partial charge in [-0.2, -0.15) is 0 Å². The van der Waals surface area contributed by atoms with E-state index in [2.05, 4.69) is 23.7 Å². The quantitative estimate of drug-likeness (QED) is 0.885. The first-order chi connectivity index (χ1) is 9.24. The molecule has 0 saturated carbocycles. The third-order valence-electron chi connectivity index (χ3n) is 3.80. The zero-order valence-electron chi connectivity index (χ0n) is 12.2. The van der Waals surface area contributed by atoms with Crippen LogP contribution >= 0.6 is 0 Å². The Balaban J connectivity index is 2.22. The van der Waals surface area contributed by atoms with Gasteiger partial charge in [0.15, 0.2) is 0 Å². The molecule has 0 bridgehead atoms. The van der Waals surface area contributed by atoms with E-state index >= 15 is 0 Å². The predicted molar refractivity (Wildman–Crippen MR) is 80.3 cm³/mol. The lowest BCUT2D eigenvalue weighted by molar-refractivity contribution is 0.431. The molecular weight excluding hydrogens is 236 g/mol. The molecule has 0 radical (unpaired) electrons. The van der Waals surface area contributed by atoms with Gasteiger partial charge in [-0.05, 0) is 32.1 Å². The van der Waals surface area contributed by atoms with Gasteiger partial charge in [0.25, 0.3) is 0 Å². The first-order valence-corrected chi connectivity index (χ1v) is 7.64. The molecule has 1 fully saturated rings. The monoisotopic (exact) mass is 262 g/mol. The Labute approximate surface area is 116 Å². The van der Waals surface area contributed by atoms with Crippen molar-refractivity contribution in [3.8, 4) is 0 Å². The predicted octanol–water partition coefficient (Wildman–Crippen LogP) is 3.17. The maximum Gasteiger partial charge on any atom is 0.134 e. The van der Waals surface area contributed by atoms with Crippen molar-refractivity contribution >= 4 is 11.6 Å². The maximum absolute atomic E-state index is 5.94. The molecule has 1 unspecified atom stereocenters. The molecule has 0 amide bonds. The molecular formula is C15H26N4. The fourth-order valence-electron chi connectivity index (χ4n) is 2.92. The summed E-state index contributed by atoms with van der Waals surface area (Å²) in [7, 11) is 0. The van der Waals surface area contributed by atoms with Crippen LogP contribution in [-0.4, -0.2) is 22.6 Å². The van der Waals surface area contributed by atoms with E-state index < -0.39 is 0 Å². The highest BCUT2D eigenvalue weighted by Gasteiger charge is 2.23. The molecule has 2 rings (SSSR count). The molecule has 19 heavy (non-hydrogen) atoms. The first kappa shape index (κ1) is 14.1. The second kappa shape index (κ2) is 6.73. The molecule has 4 nitrogen and oxygen atoms in total. The van der Waals surface area contributed by atoms with E-state index in [0.29, 0.717) is 11.9 Å². The summed E-state index contributed by atoms with van der Waals surface area (Å²) in [6, 6.07) is 2.56. The summed E-state index contributed by atoms with van der Waals surface area (Å²) in [5.74, 6) is 2.53. The summed E-state index contributed by atoms with van der Waals surface area (Å²) < 4.78 is 0. The maximum atomic E-state index is 5.94. The van der Waals surface area contributed by atoms with Crippen LogP contribution in [-0.2, 0) is 6.42 Å². The van der Waals surface area contributed by atoms with Gasteiger partial charge >= 0.3 is 0 Å². The standard InChI is InChI=1S/C15H26N4/c1-3-7-12-9-5-6-10-19(12)15-11-13(16)17-14(18-15)8-4-2/h11-12H,3-10H2,1-2H3,(H2,16,17,18). The summed E-state index contributed by atoms with van der Waals surface area (Å²) in [4.78, 5) is 11.5. The van der Waals surface area contributed by atoms with Gasteiger partial charge in [-0.3, -0.25) is 0 Å². The number of anilines is 2. The van der Waals surface area contributed by atoms with Gasteiger partial charge in [-0.15, -0.1) is 0 Å². The second-order valence-electron chi connectivity index (χ2n) is 5.45. The van der Waals surface area contributed by atoms with Crippen molar-refractivity contribution in [2.45, 2.75) is 64.8 Å². The SMILES string of the molecule is CCCc1nc(N)cc(N2CCCCC2CCC)n1. The van der Waals surface area contributed by atoms with Crippen LogP contribution in [0.15, 0.2) is 6.07 Å². The van der Waals surface area contributed by atoms with Crippen LogP contribution in [0.5, 0.6) is 0 Å². The van der Waals surface area contributed by atoms with Crippen molar-refractivity contribution < 1.29 is 0 Å². The molecule has 106 valence electrons. The summed E-state index contributed by atoms with van der Waals surface area (Å²) in [6.45, 7) is 5.50. The number of piperidine rings is 1. The smallest absolute Gasteiger partial charge is 0.134 e. The lowest BCUT2D eigenvalue weighted by Crippen LogP contribution is -2.40. The van der Waals surface area contributed by atoms with Crippen molar-refractivity contribution in [3.05, 3.63) is 11.9 Å². The molecule has 1 saturated heterocycles. The average molecular weight is 262 g/mol. The number of nitrogen functional groups attached to an aromatic ring is 1. The molecule has 2 heterocycles. The van der Waals surface area contributed by atoms with Crippen molar-refractivity contribution in [1.82, 2.24) is 9.97 Å². The number of nitrogens with two attached hydrogens (primary N) is 1. The van der Waals surface area contributed by atoms with E-state index in [1.54, 1.807) is 0 Å². The normalized spacial score (nSPS) is 19.7. The second-order valence-corrected chi connectivity index (χ2v) is 5.45. The number of aromatic nitrogens is 2. The number of nitrogens with zero attached hydrogens (tertiary/aromatic N) is 3. The number of aryl methyl sites for hydroxylation is 1. The molecule has 1 atom stereocenters. The third-order valence-corrected chi connectivity index (χ3v) is 3.80. The lowest BCUT2D eigenvalue weighted by atomic mass is 9.98. The van der Waals surface area contributed by atoms with Crippen LogP contribution in [0.2, 0.25) is 0 Å². The van der Waals surface area contributed by atoms with E-state index in [-0.39, 0.29) is 0 Å². The minimum Gasteiger partial charge on any atom is -0.384 e. The largest absolute Gasteiger partial charge is 0.384 e. The average Bonchev–Trinajstić information content (AvgIpc) is 2.39. The van der Waals surface area contributed by atoms with Crippen molar-refractivity contribution in [2.24, 2.45) is 0 Å². The highest BCUT2D eigenvalue weighted by molar-refractivity contribution is 5.48. The van der Waals surface area contributed by atoms with Crippen LogP contribution < -0.4 is 10.6 Å². The van der Waals surface area contributed by atoms with Gasteiger partial charge in [0.1, 0.15) is 17.5 Å². The van der Waals surface area contributed by atoms with Crippen molar-refractivity contribution in [3.63, 3.8) is 0 Å². The van der Waals surface area contributed by atoms with Crippen molar-refractivity contribution in [1.29, 1.82) is 0 Å². The Bertz CT molecular complexity index is 403. The zero-order chi connectivity index (χ0) is 13.7. The molecule has 0 aromatic carbocycles. The Morgan fingerprint density at radius 1 is 1.26 bits per heavy atom. The van der Waals surface area contributed by atoms with Crippen LogP contribution in [0.1, 0.15) is 58.2 Å². The van der Waals surface area contributed by atoms with Gasteiger partial charge in [0.05, 0.1) is 0 Å². The first-order valence-electron chi connectivity index (χ1n) is 7.64. The highest BCUT2D eigenvalue weighted by atomic mass is 15.2. The number of hydrogen-bond donors (Lipinski definition) is 1. The van der Waals surface area contributed by atoms with Crippen LogP contribution in [0, 0.1) is 0 Å². The molecule has 4 heteroatoms. The van der Waals surface area contributed by atoms with Crippen LogP contribution in [0.4, 0.5) is 11.6 Å². The third kappa shape index (κ3) is 3.58. The molecule has 1 aliphatic rings. The summed E-state index contributed by atoms with van der Waals surface area (Å²) in [5, 5.41) is 0. The molecule has 0 spiro atoms. The number of rotatable bonds is 5. The van der Waals surface area contributed by atoms with Gasteiger partial charge in [0.2, 0.25) is 0 Å². The van der Waals surface area contributed by atoms with Crippen LogP contribution in [0.3, 0.4) is 0 Å². The highest BCUT2D eigenvalue weighted by Crippen LogP contribution is 2.26.